The molecule has 3 aromatic rings. The minimum absolute atomic E-state index is 0.155. The van der Waals surface area contributed by atoms with Crippen LogP contribution in [0.15, 0.2) is 61.3 Å². The summed E-state index contributed by atoms with van der Waals surface area (Å²) in [5.41, 5.74) is 8.10. The number of benzene rings is 1. The van der Waals surface area contributed by atoms with Gasteiger partial charge in [-0.05, 0) is 49.8 Å². The molecule has 0 fully saturated rings. The number of H-pyrrole nitrogens is 1. The molecule has 3 rings (SSSR count). The Morgan fingerprint density at radius 1 is 1.29 bits per heavy atom. The van der Waals surface area contributed by atoms with Gasteiger partial charge in [-0.2, -0.15) is 0 Å². The van der Waals surface area contributed by atoms with Crippen LogP contribution in [0.2, 0.25) is 0 Å². The number of allylic oxidation sites excluding steroid dienone is 2. The maximum atomic E-state index is 11.2. The molecule has 2 aromatic heterocycles. The zero-order valence-corrected chi connectivity index (χ0v) is 15.5. The van der Waals surface area contributed by atoms with Gasteiger partial charge in [0, 0.05) is 23.6 Å². The molecule has 28 heavy (non-hydrogen) atoms. The van der Waals surface area contributed by atoms with Crippen molar-refractivity contribution in [3.05, 3.63) is 78.4 Å². The van der Waals surface area contributed by atoms with Crippen molar-refractivity contribution in [2.75, 3.05) is 5.32 Å². The monoisotopic (exact) mass is 375 g/mol. The van der Waals surface area contributed by atoms with Gasteiger partial charge in [0.2, 0.25) is 5.95 Å². The van der Waals surface area contributed by atoms with Gasteiger partial charge in [0.1, 0.15) is 17.2 Å². The number of amides is 1. The highest BCUT2D eigenvalue weighted by Gasteiger charge is 2.06. The number of hydrogen-bond donors (Lipinski definition) is 3. The van der Waals surface area contributed by atoms with E-state index < -0.39 is 5.91 Å². The predicted molar refractivity (Wildman–Crippen MR) is 110 cm³/mol. The zero-order valence-electron chi connectivity index (χ0n) is 15.5. The summed E-state index contributed by atoms with van der Waals surface area (Å²) in [7, 11) is 0. The van der Waals surface area contributed by atoms with E-state index in [1.54, 1.807) is 6.07 Å². The molecule has 0 radical (unpaired) electrons. The van der Waals surface area contributed by atoms with Gasteiger partial charge >= 0.3 is 0 Å². The minimum Gasteiger partial charge on any atom is -0.457 e. The standard InChI is InChI=1S/C21H21N5O2/c1-3-4-5-6-18-14(2)24-21(26-18)25-15-7-9-16(10-8-15)28-17-11-12-23-19(13-17)20(22)27/h3,5-13H,1,4H2,2H3,(H2,22,27)(H2,24,25,26). The lowest BCUT2D eigenvalue weighted by molar-refractivity contribution is 0.0995. The molecule has 0 spiro atoms. The Hall–Kier alpha value is -3.87. The van der Waals surface area contributed by atoms with Crippen LogP contribution in [0, 0.1) is 6.92 Å². The summed E-state index contributed by atoms with van der Waals surface area (Å²) in [6.07, 6.45) is 8.09. The number of nitrogens with zero attached hydrogens (tertiary/aromatic N) is 2. The molecule has 0 bridgehead atoms. The van der Waals surface area contributed by atoms with Crippen molar-refractivity contribution in [2.45, 2.75) is 13.3 Å². The lowest BCUT2D eigenvalue weighted by Crippen LogP contribution is -2.12. The molecule has 0 unspecified atom stereocenters. The first-order valence-electron chi connectivity index (χ1n) is 8.70. The summed E-state index contributed by atoms with van der Waals surface area (Å²) >= 11 is 0. The lowest BCUT2D eigenvalue weighted by Gasteiger charge is -2.08. The molecule has 7 heteroatoms. The molecular weight excluding hydrogens is 354 g/mol. The average molecular weight is 375 g/mol. The minimum atomic E-state index is -0.600. The number of anilines is 2. The van der Waals surface area contributed by atoms with E-state index in [1.807, 2.05) is 49.4 Å². The molecule has 0 aliphatic carbocycles. The van der Waals surface area contributed by atoms with E-state index in [9.17, 15) is 4.79 Å². The van der Waals surface area contributed by atoms with Gasteiger partial charge in [0.25, 0.3) is 5.91 Å². The van der Waals surface area contributed by atoms with Crippen LogP contribution in [0.3, 0.4) is 0 Å². The average Bonchev–Trinajstić information content (AvgIpc) is 3.03. The van der Waals surface area contributed by atoms with Crippen molar-refractivity contribution < 1.29 is 9.53 Å². The zero-order chi connectivity index (χ0) is 19.9. The molecule has 1 aromatic carbocycles. The Labute approximate surface area is 163 Å². The maximum Gasteiger partial charge on any atom is 0.267 e. The molecule has 0 atom stereocenters. The SMILES string of the molecule is C=CCC=Cc1nc(Nc2ccc(Oc3ccnc(C(N)=O)c3)cc2)[nH]c1C. The number of hydrogen-bond acceptors (Lipinski definition) is 5. The largest absolute Gasteiger partial charge is 0.457 e. The Kier molecular flexibility index (Phi) is 5.86. The smallest absolute Gasteiger partial charge is 0.267 e. The number of imidazole rings is 1. The second kappa shape index (κ2) is 8.68. The fraction of sp³-hybridized carbons (Fsp3) is 0.0952. The van der Waals surface area contributed by atoms with Crippen molar-refractivity contribution in [2.24, 2.45) is 5.73 Å². The summed E-state index contributed by atoms with van der Waals surface area (Å²) < 4.78 is 5.74. The number of nitrogens with one attached hydrogen (secondary N) is 2. The molecule has 142 valence electrons. The third kappa shape index (κ3) is 4.85. The Morgan fingerprint density at radius 3 is 2.79 bits per heavy atom. The van der Waals surface area contributed by atoms with Gasteiger partial charge < -0.3 is 20.8 Å². The molecule has 0 saturated carbocycles. The number of pyridine rings is 1. The van der Waals surface area contributed by atoms with E-state index in [2.05, 4.69) is 26.8 Å². The fourth-order valence-electron chi connectivity index (χ4n) is 2.46. The number of aryl methyl sites for hydroxylation is 1. The van der Waals surface area contributed by atoms with Crippen LogP contribution in [-0.4, -0.2) is 20.9 Å². The first-order chi connectivity index (χ1) is 13.5. The van der Waals surface area contributed by atoms with Gasteiger partial charge in [-0.1, -0.05) is 12.2 Å². The number of ether oxygens (including phenoxy) is 1. The molecule has 2 heterocycles. The molecule has 0 aliphatic heterocycles. The van der Waals surface area contributed by atoms with Crippen molar-refractivity contribution in [3.8, 4) is 11.5 Å². The Bertz CT molecular complexity index is 1010. The molecule has 0 aliphatic rings. The molecule has 0 saturated heterocycles. The third-order valence-corrected chi connectivity index (χ3v) is 3.84. The summed E-state index contributed by atoms with van der Waals surface area (Å²) in [5.74, 6) is 1.17. The molecule has 1 amide bonds. The van der Waals surface area contributed by atoms with Crippen molar-refractivity contribution in [3.63, 3.8) is 0 Å². The summed E-state index contributed by atoms with van der Waals surface area (Å²) in [4.78, 5) is 22.8. The van der Waals surface area contributed by atoms with Crippen LogP contribution >= 0.6 is 0 Å². The Morgan fingerprint density at radius 2 is 2.07 bits per heavy atom. The number of nitrogens with two attached hydrogens (primary N) is 1. The van der Waals surface area contributed by atoms with E-state index in [4.69, 9.17) is 10.5 Å². The van der Waals surface area contributed by atoms with Crippen molar-refractivity contribution in [1.82, 2.24) is 15.0 Å². The fourth-order valence-corrected chi connectivity index (χ4v) is 2.46. The van der Waals surface area contributed by atoms with Crippen LogP contribution in [0.25, 0.3) is 6.08 Å². The number of carbonyl (C=O) groups excluding carboxylic acids is 1. The van der Waals surface area contributed by atoms with Gasteiger partial charge in [-0.25, -0.2) is 4.98 Å². The van der Waals surface area contributed by atoms with Crippen LogP contribution in [0.4, 0.5) is 11.6 Å². The second-order valence-corrected chi connectivity index (χ2v) is 6.01. The van der Waals surface area contributed by atoms with Crippen LogP contribution < -0.4 is 15.8 Å². The normalized spacial score (nSPS) is 10.8. The first-order valence-corrected chi connectivity index (χ1v) is 8.70. The first kappa shape index (κ1) is 18.9. The maximum absolute atomic E-state index is 11.2. The van der Waals surface area contributed by atoms with Crippen LogP contribution in [0.5, 0.6) is 11.5 Å². The quantitative estimate of drug-likeness (QED) is 0.508. The Balaban J connectivity index is 1.66. The van der Waals surface area contributed by atoms with Crippen LogP contribution in [0.1, 0.15) is 28.3 Å². The number of rotatable bonds is 8. The lowest BCUT2D eigenvalue weighted by atomic mass is 10.3. The van der Waals surface area contributed by atoms with E-state index in [0.29, 0.717) is 17.4 Å². The van der Waals surface area contributed by atoms with E-state index in [-0.39, 0.29) is 5.69 Å². The highest BCUT2D eigenvalue weighted by Crippen LogP contribution is 2.24. The van der Waals surface area contributed by atoms with Crippen LogP contribution in [-0.2, 0) is 0 Å². The predicted octanol–water partition coefficient (Wildman–Crippen LogP) is 4.34. The number of aromatic nitrogens is 3. The molecule has 7 nitrogen and oxygen atoms in total. The number of carbonyl (C=O) groups is 1. The van der Waals surface area contributed by atoms with E-state index >= 15 is 0 Å². The molecule has 4 N–H and O–H groups in total. The highest BCUT2D eigenvalue weighted by molar-refractivity contribution is 5.91. The van der Waals surface area contributed by atoms with E-state index in [1.165, 1.54) is 12.3 Å². The second-order valence-electron chi connectivity index (χ2n) is 6.01. The number of aromatic amines is 1. The van der Waals surface area contributed by atoms with Gasteiger partial charge in [0.15, 0.2) is 0 Å². The van der Waals surface area contributed by atoms with Crippen molar-refractivity contribution in [1.29, 1.82) is 0 Å². The summed E-state index contributed by atoms with van der Waals surface area (Å²) in [6, 6.07) is 10.5. The summed E-state index contributed by atoms with van der Waals surface area (Å²) in [6.45, 7) is 5.67. The van der Waals surface area contributed by atoms with E-state index in [0.717, 1.165) is 23.5 Å². The molecular formula is C21H21N5O2. The van der Waals surface area contributed by atoms with Gasteiger partial charge in [-0.3, -0.25) is 9.78 Å². The van der Waals surface area contributed by atoms with Gasteiger partial charge in [-0.15, -0.1) is 6.58 Å². The summed E-state index contributed by atoms with van der Waals surface area (Å²) in [5, 5.41) is 3.22. The number of primary amides is 1. The topological polar surface area (TPSA) is 106 Å². The third-order valence-electron chi connectivity index (χ3n) is 3.84. The highest BCUT2D eigenvalue weighted by atomic mass is 16.5. The van der Waals surface area contributed by atoms with Crippen molar-refractivity contribution >= 4 is 23.6 Å². The van der Waals surface area contributed by atoms with Gasteiger partial charge in [0.05, 0.1) is 5.69 Å².